The summed E-state index contributed by atoms with van der Waals surface area (Å²) >= 11 is 0. The van der Waals surface area contributed by atoms with Crippen LogP contribution in [-0.4, -0.2) is 20.6 Å². The van der Waals surface area contributed by atoms with Crippen LogP contribution in [0, 0.1) is 12.7 Å². The van der Waals surface area contributed by atoms with Gasteiger partial charge in [-0.3, -0.25) is 4.31 Å². The lowest BCUT2D eigenvalue weighted by Gasteiger charge is -2.21. The zero-order chi connectivity index (χ0) is 15.6. The summed E-state index contributed by atoms with van der Waals surface area (Å²) in [6.07, 6.45) is 0. The number of rotatable bonds is 4. The predicted octanol–water partition coefficient (Wildman–Crippen LogP) is 2.45. The fourth-order valence-electron chi connectivity index (χ4n) is 1.99. The van der Waals surface area contributed by atoms with Crippen molar-refractivity contribution in [1.82, 2.24) is 0 Å². The van der Waals surface area contributed by atoms with Crippen molar-refractivity contribution in [3.63, 3.8) is 0 Å². The molecule has 4 nitrogen and oxygen atoms in total. The highest BCUT2D eigenvalue weighted by Crippen LogP contribution is 2.26. The molecule has 0 fully saturated rings. The van der Waals surface area contributed by atoms with Gasteiger partial charge in [0.2, 0.25) is 0 Å². The smallest absolute Gasteiger partial charge is 0.264 e. The maximum absolute atomic E-state index is 13.8. The molecule has 0 aliphatic carbocycles. The minimum Gasteiger partial charge on any atom is -0.392 e. The lowest BCUT2D eigenvalue weighted by molar-refractivity contribution is 0.281. The van der Waals surface area contributed by atoms with Crippen molar-refractivity contribution in [2.45, 2.75) is 18.4 Å². The zero-order valence-electron chi connectivity index (χ0n) is 11.7. The molecule has 0 atom stereocenters. The van der Waals surface area contributed by atoms with E-state index in [0.717, 1.165) is 10.4 Å². The van der Waals surface area contributed by atoms with Crippen LogP contribution >= 0.6 is 0 Å². The Morgan fingerprint density at radius 1 is 1.19 bits per heavy atom. The number of hydrogen-bond acceptors (Lipinski definition) is 3. The van der Waals surface area contributed by atoms with Crippen LogP contribution in [0.3, 0.4) is 0 Å². The van der Waals surface area contributed by atoms with Crippen LogP contribution in [-0.2, 0) is 16.6 Å². The summed E-state index contributed by atoms with van der Waals surface area (Å²) in [5, 5.41) is 9.12. The summed E-state index contributed by atoms with van der Waals surface area (Å²) in [5.74, 6) is -0.651. The van der Waals surface area contributed by atoms with E-state index >= 15 is 0 Å². The molecule has 0 saturated carbocycles. The molecule has 0 bridgehead atoms. The molecule has 2 aromatic carbocycles. The van der Waals surface area contributed by atoms with Crippen LogP contribution < -0.4 is 4.31 Å². The quantitative estimate of drug-likeness (QED) is 0.944. The Hall–Kier alpha value is -1.92. The van der Waals surface area contributed by atoms with E-state index in [1.807, 2.05) is 0 Å². The Morgan fingerprint density at radius 2 is 1.81 bits per heavy atom. The van der Waals surface area contributed by atoms with Gasteiger partial charge in [-0.2, -0.15) is 0 Å². The average Bonchev–Trinajstić information content (AvgIpc) is 2.49. The molecule has 0 radical (unpaired) electrons. The normalized spacial score (nSPS) is 11.4. The minimum atomic E-state index is -3.90. The number of benzene rings is 2. The van der Waals surface area contributed by atoms with E-state index in [1.54, 1.807) is 30.3 Å². The van der Waals surface area contributed by atoms with Gasteiger partial charge in [0.15, 0.2) is 0 Å². The number of aliphatic hydroxyl groups is 1. The highest BCUT2D eigenvalue weighted by molar-refractivity contribution is 7.92. The molecule has 2 aromatic rings. The summed E-state index contributed by atoms with van der Waals surface area (Å²) in [7, 11) is -2.49. The number of nitrogens with zero attached hydrogens (tertiary/aromatic N) is 1. The topological polar surface area (TPSA) is 57.6 Å². The Kier molecular flexibility index (Phi) is 4.29. The monoisotopic (exact) mass is 309 g/mol. The number of para-hydroxylation sites is 1. The second-order valence-electron chi connectivity index (χ2n) is 4.67. The van der Waals surface area contributed by atoms with E-state index in [9.17, 15) is 12.8 Å². The van der Waals surface area contributed by atoms with Crippen molar-refractivity contribution in [3.05, 3.63) is 59.4 Å². The molecule has 112 valence electrons. The first-order valence-corrected chi connectivity index (χ1v) is 7.76. The van der Waals surface area contributed by atoms with Crippen LogP contribution in [0.4, 0.5) is 10.1 Å². The molecule has 1 N–H and O–H groups in total. The van der Waals surface area contributed by atoms with Crippen molar-refractivity contribution in [2.75, 3.05) is 11.4 Å². The molecular weight excluding hydrogens is 293 g/mol. The van der Waals surface area contributed by atoms with Gasteiger partial charge >= 0.3 is 0 Å². The summed E-state index contributed by atoms with van der Waals surface area (Å²) < 4.78 is 40.2. The zero-order valence-corrected chi connectivity index (χ0v) is 12.6. The second kappa shape index (κ2) is 5.83. The molecule has 0 aliphatic heterocycles. The number of aliphatic hydroxyl groups excluding tert-OH is 1. The first-order chi connectivity index (χ1) is 9.87. The molecular formula is C15H16FNO3S. The van der Waals surface area contributed by atoms with E-state index in [4.69, 9.17) is 5.11 Å². The van der Waals surface area contributed by atoms with Crippen LogP contribution in [0.25, 0.3) is 0 Å². The van der Waals surface area contributed by atoms with Gasteiger partial charge < -0.3 is 5.11 Å². The van der Waals surface area contributed by atoms with Crippen molar-refractivity contribution < 1.29 is 17.9 Å². The van der Waals surface area contributed by atoms with Gasteiger partial charge in [0.25, 0.3) is 10.0 Å². The standard InChI is InChI=1S/C15H16FNO3S/c1-11-14(16)8-12(10-18)9-15(11)21(19,20)17(2)13-6-4-3-5-7-13/h3-9,18H,10H2,1-2H3. The summed E-state index contributed by atoms with van der Waals surface area (Å²) in [5.41, 5.74) is 0.736. The molecule has 0 amide bonds. The van der Waals surface area contributed by atoms with Crippen LogP contribution in [0.15, 0.2) is 47.4 Å². The first kappa shape index (κ1) is 15.5. The lowest BCUT2D eigenvalue weighted by Crippen LogP contribution is -2.27. The van der Waals surface area contributed by atoms with E-state index in [0.29, 0.717) is 5.69 Å². The Labute approximate surface area is 123 Å². The molecule has 0 unspecified atom stereocenters. The predicted molar refractivity (Wildman–Crippen MR) is 79.1 cm³/mol. The van der Waals surface area contributed by atoms with Crippen molar-refractivity contribution in [3.8, 4) is 0 Å². The van der Waals surface area contributed by atoms with E-state index < -0.39 is 22.4 Å². The second-order valence-corrected chi connectivity index (χ2v) is 6.60. The van der Waals surface area contributed by atoms with Gasteiger partial charge in [0.05, 0.1) is 17.2 Å². The third-order valence-corrected chi connectivity index (χ3v) is 5.21. The SMILES string of the molecule is Cc1c(F)cc(CO)cc1S(=O)(=O)N(C)c1ccccc1. The molecule has 0 aromatic heterocycles. The molecule has 6 heteroatoms. The fraction of sp³-hybridized carbons (Fsp3) is 0.200. The Balaban J connectivity index is 2.57. The third-order valence-electron chi connectivity index (χ3n) is 3.30. The van der Waals surface area contributed by atoms with Gasteiger partial charge in [-0.05, 0) is 36.8 Å². The Bertz CT molecular complexity index is 745. The van der Waals surface area contributed by atoms with E-state index in [-0.39, 0.29) is 16.0 Å². The van der Waals surface area contributed by atoms with Crippen LogP contribution in [0.2, 0.25) is 0 Å². The van der Waals surface area contributed by atoms with Crippen molar-refractivity contribution in [2.24, 2.45) is 0 Å². The largest absolute Gasteiger partial charge is 0.392 e. The van der Waals surface area contributed by atoms with Crippen LogP contribution in [0.5, 0.6) is 0 Å². The van der Waals surface area contributed by atoms with Crippen molar-refractivity contribution >= 4 is 15.7 Å². The molecule has 0 heterocycles. The summed E-state index contributed by atoms with van der Waals surface area (Å²) in [6, 6.07) is 11.0. The fourth-order valence-corrected chi connectivity index (χ4v) is 3.47. The summed E-state index contributed by atoms with van der Waals surface area (Å²) in [4.78, 5) is -0.141. The van der Waals surface area contributed by atoms with E-state index in [1.165, 1.54) is 20.0 Å². The van der Waals surface area contributed by atoms with Gasteiger partial charge in [0.1, 0.15) is 5.82 Å². The number of hydrogen-bond donors (Lipinski definition) is 1. The van der Waals surface area contributed by atoms with Gasteiger partial charge in [-0.15, -0.1) is 0 Å². The number of anilines is 1. The average molecular weight is 309 g/mol. The minimum absolute atomic E-state index is 0.0370. The van der Waals surface area contributed by atoms with Gasteiger partial charge in [-0.25, -0.2) is 12.8 Å². The first-order valence-electron chi connectivity index (χ1n) is 6.31. The lowest BCUT2D eigenvalue weighted by atomic mass is 10.1. The number of sulfonamides is 1. The third kappa shape index (κ3) is 2.91. The molecule has 0 aliphatic rings. The maximum Gasteiger partial charge on any atom is 0.264 e. The van der Waals surface area contributed by atoms with Crippen molar-refractivity contribution in [1.29, 1.82) is 0 Å². The van der Waals surface area contributed by atoms with Crippen LogP contribution in [0.1, 0.15) is 11.1 Å². The summed E-state index contributed by atoms with van der Waals surface area (Å²) in [6.45, 7) is 0.983. The van der Waals surface area contributed by atoms with Gasteiger partial charge in [0, 0.05) is 12.6 Å². The molecule has 21 heavy (non-hydrogen) atoms. The molecule has 0 saturated heterocycles. The maximum atomic E-state index is 13.8. The van der Waals surface area contributed by atoms with Gasteiger partial charge in [-0.1, -0.05) is 18.2 Å². The van der Waals surface area contributed by atoms with E-state index in [2.05, 4.69) is 0 Å². The highest BCUT2D eigenvalue weighted by Gasteiger charge is 2.25. The highest BCUT2D eigenvalue weighted by atomic mass is 32.2. The Morgan fingerprint density at radius 3 is 2.38 bits per heavy atom. The molecule has 0 spiro atoms. The number of halogens is 1. The molecule has 2 rings (SSSR count).